The molecule has 0 aliphatic rings. The zero-order valence-electron chi connectivity index (χ0n) is 20.2. The van der Waals surface area contributed by atoms with Gasteiger partial charge in [0.05, 0.1) is 5.52 Å². The number of benzene rings is 1. The van der Waals surface area contributed by atoms with Gasteiger partial charge in [-0.3, -0.25) is 0 Å². The van der Waals surface area contributed by atoms with Gasteiger partial charge in [-0.1, -0.05) is 109 Å². The maximum atomic E-state index is 10.8. The van der Waals surface area contributed by atoms with E-state index in [4.69, 9.17) is 4.98 Å². The Morgan fingerprint density at radius 1 is 0.781 bits per heavy atom. The van der Waals surface area contributed by atoms with Crippen LogP contribution in [0.1, 0.15) is 121 Å². The third kappa shape index (κ3) is 7.26. The number of unbranched alkanes of at least 4 members (excludes halogenated alkanes) is 13. The fraction of sp³-hybridized carbons (Fsp3) is 0.667. The van der Waals surface area contributed by atoms with Crippen molar-refractivity contribution in [2.75, 3.05) is 0 Å². The lowest BCUT2D eigenvalue weighted by Gasteiger charge is -2.12. The molecule has 1 N–H and O–H groups in total. The van der Waals surface area contributed by atoms with Crippen LogP contribution >= 0.6 is 0 Å². The van der Waals surface area contributed by atoms with Gasteiger partial charge in [-0.2, -0.15) is 4.52 Å². The molecule has 1 atom stereocenters. The Morgan fingerprint density at radius 3 is 1.97 bits per heavy atom. The molecule has 2 aromatic heterocycles. The third-order valence-electron chi connectivity index (χ3n) is 6.44. The van der Waals surface area contributed by atoms with Crippen molar-refractivity contribution in [1.29, 1.82) is 0 Å². The normalized spacial score (nSPS) is 12.7. The highest BCUT2D eigenvalue weighted by atomic mass is 16.3. The molecule has 3 rings (SSSR count). The second kappa shape index (κ2) is 13.5. The minimum atomic E-state index is -0.611. The first kappa shape index (κ1) is 24.6. The number of para-hydroxylation sites is 1. The molecule has 0 aliphatic carbocycles. The molecular formula is C27H42N4O. The van der Waals surface area contributed by atoms with Crippen molar-refractivity contribution in [2.24, 2.45) is 0 Å². The number of aryl methyl sites for hydroxylation is 1. The van der Waals surface area contributed by atoms with Crippen molar-refractivity contribution >= 4 is 16.6 Å². The summed E-state index contributed by atoms with van der Waals surface area (Å²) in [5.74, 6) is 1.31. The van der Waals surface area contributed by atoms with Crippen LogP contribution in [0.25, 0.3) is 16.6 Å². The highest BCUT2D eigenvalue weighted by molar-refractivity contribution is 5.91. The first-order valence-electron chi connectivity index (χ1n) is 13.0. The molecule has 5 heteroatoms. The van der Waals surface area contributed by atoms with E-state index in [-0.39, 0.29) is 0 Å². The number of hydrogen-bond acceptors (Lipinski definition) is 4. The van der Waals surface area contributed by atoms with Crippen molar-refractivity contribution in [2.45, 2.75) is 116 Å². The number of nitrogens with zero attached hydrogens (tertiary/aromatic N) is 4. The van der Waals surface area contributed by atoms with Gasteiger partial charge in [0.25, 0.3) is 0 Å². The summed E-state index contributed by atoms with van der Waals surface area (Å²) in [6, 6.07) is 7.94. The van der Waals surface area contributed by atoms with E-state index < -0.39 is 6.10 Å². The SMILES string of the molecule is CCCCCCCCCCCCCCCCC(O)c1nc2ccccc2c2nc(C)nn12. The van der Waals surface area contributed by atoms with Gasteiger partial charge >= 0.3 is 0 Å². The molecule has 0 bridgehead atoms. The van der Waals surface area contributed by atoms with Crippen LogP contribution in [0.4, 0.5) is 0 Å². The lowest BCUT2D eigenvalue weighted by molar-refractivity contribution is 0.151. The average molecular weight is 439 g/mol. The molecule has 0 aliphatic heterocycles. The lowest BCUT2D eigenvalue weighted by atomic mass is 10.0. The number of rotatable bonds is 16. The minimum Gasteiger partial charge on any atom is -0.385 e. The summed E-state index contributed by atoms with van der Waals surface area (Å²) in [4.78, 5) is 9.27. The second-order valence-electron chi connectivity index (χ2n) is 9.28. The van der Waals surface area contributed by atoms with Crippen LogP contribution < -0.4 is 0 Å². The Morgan fingerprint density at radius 2 is 1.34 bits per heavy atom. The standard InChI is InChI=1S/C27H42N4O/c1-3-4-5-6-7-8-9-10-11-12-13-14-15-16-21-25(32)27-29-24-20-18-17-19-23(24)26-28-22(2)30-31(26)27/h17-20,25,32H,3-16,21H2,1-2H3. The van der Waals surface area contributed by atoms with Crippen LogP contribution in [0.5, 0.6) is 0 Å². The molecule has 32 heavy (non-hydrogen) atoms. The van der Waals surface area contributed by atoms with Crippen molar-refractivity contribution in [1.82, 2.24) is 19.6 Å². The number of aliphatic hydroxyl groups is 1. The van der Waals surface area contributed by atoms with Gasteiger partial charge in [0.1, 0.15) is 11.9 Å². The Bertz CT molecular complexity index is 936. The van der Waals surface area contributed by atoms with Gasteiger partial charge < -0.3 is 5.11 Å². The molecule has 3 aromatic rings. The zero-order valence-corrected chi connectivity index (χ0v) is 20.2. The van der Waals surface area contributed by atoms with E-state index in [0.29, 0.717) is 11.6 Å². The van der Waals surface area contributed by atoms with Gasteiger partial charge in [0.15, 0.2) is 11.5 Å². The summed E-state index contributed by atoms with van der Waals surface area (Å²) in [5.41, 5.74) is 1.64. The van der Waals surface area contributed by atoms with Crippen LogP contribution in [0.3, 0.4) is 0 Å². The average Bonchev–Trinajstić information content (AvgIpc) is 3.20. The van der Waals surface area contributed by atoms with Gasteiger partial charge in [-0.05, 0) is 25.5 Å². The topological polar surface area (TPSA) is 63.3 Å². The highest BCUT2D eigenvalue weighted by Crippen LogP contribution is 2.24. The van der Waals surface area contributed by atoms with Gasteiger partial charge in [-0.15, -0.1) is 5.10 Å². The van der Waals surface area contributed by atoms with Crippen molar-refractivity contribution in [3.8, 4) is 0 Å². The monoisotopic (exact) mass is 438 g/mol. The summed E-state index contributed by atoms with van der Waals surface area (Å²) >= 11 is 0. The van der Waals surface area contributed by atoms with E-state index in [1.807, 2.05) is 31.2 Å². The molecule has 0 spiro atoms. The molecule has 0 amide bonds. The van der Waals surface area contributed by atoms with Crippen LogP contribution in [0.2, 0.25) is 0 Å². The molecule has 176 valence electrons. The van der Waals surface area contributed by atoms with Gasteiger partial charge in [0.2, 0.25) is 0 Å². The summed E-state index contributed by atoms with van der Waals surface area (Å²) in [7, 11) is 0. The molecule has 1 aromatic carbocycles. The molecule has 0 saturated heterocycles. The summed E-state index contributed by atoms with van der Waals surface area (Å²) in [6.45, 7) is 4.16. The first-order valence-corrected chi connectivity index (χ1v) is 13.0. The van der Waals surface area contributed by atoms with Gasteiger partial charge in [-0.25, -0.2) is 9.97 Å². The maximum Gasteiger partial charge on any atom is 0.167 e. The van der Waals surface area contributed by atoms with E-state index >= 15 is 0 Å². The summed E-state index contributed by atoms with van der Waals surface area (Å²) in [5, 5.41) is 16.3. The first-order chi connectivity index (χ1) is 15.7. The second-order valence-corrected chi connectivity index (χ2v) is 9.28. The molecule has 2 heterocycles. The fourth-order valence-electron chi connectivity index (χ4n) is 4.56. The Labute approximate surface area is 193 Å². The molecule has 0 fully saturated rings. The highest BCUT2D eigenvalue weighted by Gasteiger charge is 2.18. The van der Waals surface area contributed by atoms with E-state index in [1.165, 1.54) is 83.5 Å². The number of aliphatic hydroxyl groups excluding tert-OH is 1. The Kier molecular flexibility index (Phi) is 10.4. The van der Waals surface area contributed by atoms with Crippen LogP contribution in [0, 0.1) is 6.92 Å². The minimum absolute atomic E-state index is 0.606. The van der Waals surface area contributed by atoms with E-state index in [9.17, 15) is 5.11 Å². The van der Waals surface area contributed by atoms with Crippen LogP contribution in [0.15, 0.2) is 24.3 Å². The zero-order chi connectivity index (χ0) is 22.6. The Balaban J connectivity index is 1.32. The smallest absolute Gasteiger partial charge is 0.167 e. The van der Waals surface area contributed by atoms with Gasteiger partial charge in [0, 0.05) is 5.39 Å². The predicted molar refractivity (Wildman–Crippen MR) is 133 cm³/mol. The molecule has 0 radical (unpaired) electrons. The third-order valence-corrected chi connectivity index (χ3v) is 6.44. The van der Waals surface area contributed by atoms with Crippen LogP contribution in [-0.2, 0) is 0 Å². The molecule has 5 nitrogen and oxygen atoms in total. The quantitative estimate of drug-likeness (QED) is 0.235. The number of hydrogen-bond donors (Lipinski definition) is 1. The van der Waals surface area contributed by atoms with E-state index in [1.54, 1.807) is 4.52 Å². The number of fused-ring (bicyclic) bond motifs is 3. The fourth-order valence-corrected chi connectivity index (χ4v) is 4.56. The Hall–Kier alpha value is -2.01. The number of aromatic nitrogens is 4. The lowest BCUT2D eigenvalue weighted by Crippen LogP contribution is -2.09. The predicted octanol–water partition coefficient (Wildman–Crippen LogP) is 7.49. The largest absolute Gasteiger partial charge is 0.385 e. The molecule has 1 unspecified atom stereocenters. The van der Waals surface area contributed by atoms with E-state index in [0.717, 1.165) is 29.4 Å². The van der Waals surface area contributed by atoms with Crippen LogP contribution in [-0.4, -0.2) is 24.7 Å². The maximum absolute atomic E-state index is 10.8. The van der Waals surface area contributed by atoms with Crippen molar-refractivity contribution < 1.29 is 5.11 Å². The summed E-state index contributed by atoms with van der Waals surface area (Å²) < 4.78 is 1.73. The van der Waals surface area contributed by atoms with Crippen molar-refractivity contribution in [3.63, 3.8) is 0 Å². The molecule has 0 saturated carbocycles. The van der Waals surface area contributed by atoms with Crippen molar-refractivity contribution in [3.05, 3.63) is 35.9 Å². The molecular weight excluding hydrogens is 396 g/mol. The summed E-state index contributed by atoms with van der Waals surface area (Å²) in [6.07, 6.45) is 18.8. The van der Waals surface area contributed by atoms with E-state index in [2.05, 4.69) is 17.0 Å².